The summed E-state index contributed by atoms with van der Waals surface area (Å²) in [4.78, 5) is 0. The Bertz CT molecular complexity index is 289. The van der Waals surface area contributed by atoms with Gasteiger partial charge < -0.3 is 5.73 Å². The first-order valence-corrected chi connectivity index (χ1v) is 3.01. The molecule has 0 atom stereocenters. The van der Waals surface area contributed by atoms with Gasteiger partial charge in [0.25, 0.3) is 0 Å². The largest absolute Gasteiger partial charge is 0.398 e. The minimum atomic E-state index is 0. The van der Waals surface area contributed by atoms with Crippen LogP contribution in [-0.2, 0) is 0 Å². The van der Waals surface area contributed by atoms with Gasteiger partial charge in [-0.2, -0.15) is 5.26 Å². The number of nitrogen functional groups attached to an aromatic ring is 1. The first-order chi connectivity index (χ1) is 4.75. The molecule has 1 rings (SSSR count). The summed E-state index contributed by atoms with van der Waals surface area (Å²) in [5, 5.41) is 8.54. The Morgan fingerprint density at radius 2 is 2.09 bits per heavy atom. The van der Waals surface area contributed by atoms with Crippen molar-refractivity contribution in [2.45, 2.75) is 6.92 Å². The van der Waals surface area contributed by atoms with Crippen LogP contribution >= 0.6 is 17.0 Å². The van der Waals surface area contributed by atoms with Crippen LogP contribution in [0.3, 0.4) is 0 Å². The lowest BCUT2D eigenvalue weighted by Crippen LogP contribution is -1.91. The summed E-state index contributed by atoms with van der Waals surface area (Å²) in [5.74, 6) is 0. The van der Waals surface area contributed by atoms with Crippen molar-refractivity contribution >= 4 is 22.7 Å². The summed E-state index contributed by atoms with van der Waals surface area (Å²) in [5.41, 5.74) is 7.74. The van der Waals surface area contributed by atoms with Gasteiger partial charge >= 0.3 is 0 Å². The molecule has 0 aliphatic rings. The number of anilines is 1. The van der Waals surface area contributed by atoms with Gasteiger partial charge in [0.05, 0.1) is 11.6 Å². The quantitative estimate of drug-likeness (QED) is 0.670. The summed E-state index contributed by atoms with van der Waals surface area (Å²) < 4.78 is 0. The highest BCUT2D eigenvalue weighted by Crippen LogP contribution is 2.13. The van der Waals surface area contributed by atoms with Gasteiger partial charge in [-0.15, -0.1) is 17.0 Å². The predicted molar refractivity (Wildman–Crippen MR) is 50.6 cm³/mol. The van der Waals surface area contributed by atoms with Crippen LogP contribution in [0.5, 0.6) is 0 Å². The molecule has 0 radical (unpaired) electrons. The van der Waals surface area contributed by atoms with E-state index in [1.54, 1.807) is 18.2 Å². The minimum Gasteiger partial charge on any atom is -0.398 e. The van der Waals surface area contributed by atoms with Crippen molar-refractivity contribution in [3.8, 4) is 6.07 Å². The van der Waals surface area contributed by atoms with Gasteiger partial charge in [-0.25, -0.2) is 0 Å². The highest BCUT2D eigenvalue weighted by Gasteiger charge is 1.97. The topological polar surface area (TPSA) is 49.8 Å². The number of benzene rings is 1. The van der Waals surface area contributed by atoms with Gasteiger partial charge in [-0.1, -0.05) is 6.07 Å². The fourth-order valence-electron chi connectivity index (χ4n) is 0.775. The maximum absolute atomic E-state index is 8.54. The van der Waals surface area contributed by atoms with E-state index in [4.69, 9.17) is 11.0 Å². The molecule has 0 amide bonds. The molecule has 3 heteroatoms. The third kappa shape index (κ3) is 1.95. The van der Waals surface area contributed by atoms with Gasteiger partial charge in [0, 0.05) is 5.69 Å². The Balaban J connectivity index is 0.000001000. The first-order valence-electron chi connectivity index (χ1n) is 3.01. The molecule has 0 aliphatic carbocycles. The molecule has 0 spiro atoms. The predicted octanol–water partition coefficient (Wildman–Crippen LogP) is 2.03. The molecule has 11 heavy (non-hydrogen) atoms. The second kappa shape index (κ2) is 3.99. The molecule has 58 valence electrons. The lowest BCUT2D eigenvalue weighted by molar-refractivity contribution is 1.40. The van der Waals surface area contributed by atoms with Crippen LogP contribution in [0.4, 0.5) is 5.69 Å². The summed E-state index contributed by atoms with van der Waals surface area (Å²) in [6, 6.07) is 7.38. The van der Waals surface area contributed by atoms with Gasteiger partial charge in [0.1, 0.15) is 0 Å². The molecular formula is C8H9BrN2. The third-order valence-electron chi connectivity index (χ3n) is 1.50. The molecule has 0 saturated heterocycles. The maximum Gasteiger partial charge on any atom is 0.0995 e. The first kappa shape index (κ1) is 9.99. The molecule has 0 bridgehead atoms. The van der Waals surface area contributed by atoms with E-state index in [0.29, 0.717) is 11.3 Å². The summed E-state index contributed by atoms with van der Waals surface area (Å²) in [6.45, 7) is 1.84. The molecule has 1 aromatic rings. The molecule has 0 saturated carbocycles. The lowest BCUT2D eigenvalue weighted by atomic mass is 10.1. The highest BCUT2D eigenvalue weighted by molar-refractivity contribution is 8.93. The Morgan fingerprint density at radius 1 is 1.45 bits per heavy atom. The Morgan fingerprint density at radius 3 is 2.55 bits per heavy atom. The maximum atomic E-state index is 8.54. The van der Waals surface area contributed by atoms with E-state index in [9.17, 15) is 0 Å². The van der Waals surface area contributed by atoms with Crippen LogP contribution in [0, 0.1) is 18.3 Å². The lowest BCUT2D eigenvalue weighted by Gasteiger charge is -1.98. The van der Waals surface area contributed by atoms with Crippen molar-refractivity contribution in [1.82, 2.24) is 0 Å². The number of halogens is 1. The van der Waals surface area contributed by atoms with E-state index < -0.39 is 0 Å². The molecule has 0 aliphatic heterocycles. The standard InChI is InChI=1S/C8H8N2.BrH/c1-6-7(5-9)3-2-4-8(6)10;/h2-4H,10H2,1H3;1H. The van der Waals surface area contributed by atoms with Crippen LogP contribution < -0.4 is 5.73 Å². The van der Waals surface area contributed by atoms with Crippen molar-refractivity contribution in [2.24, 2.45) is 0 Å². The van der Waals surface area contributed by atoms with Crippen molar-refractivity contribution in [3.63, 3.8) is 0 Å². The fraction of sp³-hybridized carbons (Fsp3) is 0.125. The zero-order chi connectivity index (χ0) is 7.56. The zero-order valence-corrected chi connectivity index (χ0v) is 7.88. The van der Waals surface area contributed by atoms with E-state index >= 15 is 0 Å². The van der Waals surface area contributed by atoms with Crippen LogP contribution in [0.15, 0.2) is 18.2 Å². The fourth-order valence-corrected chi connectivity index (χ4v) is 0.775. The number of nitrogens with zero attached hydrogens (tertiary/aromatic N) is 1. The smallest absolute Gasteiger partial charge is 0.0995 e. The molecular weight excluding hydrogens is 204 g/mol. The SMILES string of the molecule is Br.Cc1c(N)cccc1C#N. The van der Waals surface area contributed by atoms with E-state index in [1.807, 2.05) is 6.92 Å². The minimum absolute atomic E-state index is 0. The Kier molecular flexibility index (Phi) is 3.63. The van der Waals surface area contributed by atoms with Crippen LogP contribution in [0.25, 0.3) is 0 Å². The van der Waals surface area contributed by atoms with Crippen molar-refractivity contribution in [3.05, 3.63) is 29.3 Å². The highest BCUT2D eigenvalue weighted by atomic mass is 79.9. The van der Waals surface area contributed by atoms with E-state index in [2.05, 4.69) is 6.07 Å². The molecule has 0 aromatic heterocycles. The van der Waals surface area contributed by atoms with Crippen molar-refractivity contribution < 1.29 is 0 Å². The van der Waals surface area contributed by atoms with E-state index in [-0.39, 0.29) is 17.0 Å². The number of hydrogen-bond donors (Lipinski definition) is 1. The molecule has 0 heterocycles. The summed E-state index contributed by atoms with van der Waals surface area (Å²) in [6.07, 6.45) is 0. The number of nitrogens with two attached hydrogens (primary N) is 1. The van der Waals surface area contributed by atoms with E-state index in [1.165, 1.54) is 0 Å². The van der Waals surface area contributed by atoms with E-state index in [0.717, 1.165) is 5.56 Å². The zero-order valence-electron chi connectivity index (χ0n) is 6.16. The molecule has 2 nitrogen and oxygen atoms in total. The van der Waals surface area contributed by atoms with Crippen molar-refractivity contribution in [2.75, 3.05) is 5.73 Å². The second-order valence-corrected chi connectivity index (χ2v) is 2.13. The van der Waals surface area contributed by atoms with Gasteiger partial charge in [0.2, 0.25) is 0 Å². The normalized spacial score (nSPS) is 8.00. The Labute approximate surface area is 76.4 Å². The molecule has 2 N–H and O–H groups in total. The average molecular weight is 213 g/mol. The number of rotatable bonds is 0. The van der Waals surface area contributed by atoms with Crippen molar-refractivity contribution in [1.29, 1.82) is 5.26 Å². The average Bonchev–Trinajstić information content (AvgIpc) is 1.95. The van der Waals surface area contributed by atoms with Gasteiger partial charge in [-0.05, 0) is 24.6 Å². The molecule has 0 unspecified atom stereocenters. The third-order valence-corrected chi connectivity index (χ3v) is 1.50. The number of hydrogen-bond acceptors (Lipinski definition) is 2. The summed E-state index contributed by atoms with van der Waals surface area (Å²) >= 11 is 0. The van der Waals surface area contributed by atoms with Crippen LogP contribution in [0.1, 0.15) is 11.1 Å². The molecule has 0 fully saturated rings. The number of nitriles is 1. The second-order valence-electron chi connectivity index (χ2n) is 2.13. The van der Waals surface area contributed by atoms with Gasteiger partial charge in [0.15, 0.2) is 0 Å². The monoisotopic (exact) mass is 212 g/mol. The summed E-state index contributed by atoms with van der Waals surface area (Å²) in [7, 11) is 0. The van der Waals surface area contributed by atoms with Gasteiger partial charge in [-0.3, -0.25) is 0 Å². The molecule has 1 aromatic carbocycles. The van der Waals surface area contributed by atoms with Crippen LogP contribution in [-0.4, -0.2) is 0 Å². The Hall–Kier alpha value is -1.01. The van der Waals surface area contributed by atoms with Crippen LogP contribution in [0.2, 0.25) is 0 Å².